The van der Waals surface area contributed by atoms with Crippen LogP contribution < -0.4 is 5.32 Å². The topological polar surface area (TPSA) is 24.9 Å². The number of benzene rings is 1. The van der Waals surface area contributed by atoms with Crippen molar-refractivity contribution < 1.29 is 0 Å². The van der Waals surface area contributed by atoms with Crippen LogP contribution in [0.15, 0.2) is 29.6 Å². The molecule has 108 valence electrons. The van der Waals surface area contributed by atoms with Gasteiger partial charge in [0, 0.05) is 23.7 Å². The minimum Gasteiger partial charge on any atom is -0.304 e. The van der Waals surface area contributed by atoms with Crippen molar-refractivity contribution in [3.8, 4) is 0 Å². The number of aryl methyl sites for hydroxylation is 2. The van der Waals surface area contributed by atoms with Gasteiger partial charge in [0.05, 0.1) is 0 Å². The van der Waals surface area contributed by atoms with E-state index >= 15 is 0 Å². The molecule has 1 N–H and O–H groups in total. The molecule has 0 spiro atoms. The van der Waals surface area contributed by atoms with Crippen LogP contribution in [0.1, 0.15) is 54.6 Å². The summed E-state index contributed by atoms with van der Waals surface area (Å²) in [7, 11) is 0. The molecular formula is C17H24N2S. The molecule has 0 saturated heterocycles. The standard InChI is InChI=1S/C17H24N2S/c1-4-5-6-15-7-9-16(10-8-15)14(3)18-11-17-19-13(2)12-20-17/h7-10,12,14,18H,4-6,11H2,1-3H3. The molecule has 0 amide bonds. The zero-order valence-electron chi connectivity index (χ0n) is 12.6. The zero-order chi connectivity index (χ0) is 14.4. The van der Waals surface area contributed by atoms with Crippen LogP contribution in [-0.4, -0.2) is 4.98 Å². The molecule has 1 atom stereocenters. The third kappa shape index (κ3) is 4.43. The summed E-state index contributed by atoms with van der Waals surface area (Å²) in [6.45, 7) is 7.33. The first kappa shape index (κ1) is 15.2. The fourth-order valence-electron chi connectivity index (χ4n) is 2.20. The van der Waals surface area contributed by atoms with Crippen molar-refractivity contribution in [3.63, 3.8) is 0 Å². The summed E-state index contributed by atoms with van der Waals surface area (Å²) < 4.78 is 0. The Balaban J connectivity index is 1.86. The molecule has 1 unspecified atom stereocenters. The van der Waals surface area contributed by atoms with Gasteiger partial charge in [-0.25, -0.2) is 4.98 Å². The number of aromatic nitrogens is 1. The van der Waals surface area contributed by atoms with Gasteiger partial charge >= 0.3 is 0 Å². The molecule has 0 bridgehead atoms. The summed E-state index contributed by atoms with van der Waals surface area (Å²) in [5, 5.41) is 6.80. The molecule has 0 aliphatic heterocycles. The van der Waals surface area contributed by atoms with Crippen LogP contribution in [0, 0.1) is 6.92 Å². The van der Waals surface area contributed by atoms with Crippen molar-refractivity contribution in [2.75, 3.05) is 0 Å². The van der Waals surface area contributed by atoms with Gasteiger partial charge in [0.15, 0.2) is 0 Å². The van der Waals surface area contributed by atoms with Gasteiger partial charge in [-0.1, -0.05) is 37.6 Å². The molecular weight excluding hydrogens is 264 g/mol. The molecule has 1 aromatic carbocycles. The highest BCUT2D eigenvalue weighted by Crippen LogP contribution is 2.16. The Morgan fingerprint density at radius 3 is 2.60 bits per heavy atom. The van der Waals surface area contributed by atoms with E-state index in [1.54, 1.807) is 11.3 Å². The van der Waals surface area contributed by atoms with Gasteiger partial charge in [0.1, 0.15) is 5.01 Å². The Hall–Kier alpha value is -1.19. The molecule has 1 heterocycles. The third-order valence-electron chi connectivity index (χ3n) is 3.52. The second kappa shape index (κ2) is 7.55. The van der Waals surface area contributed by atoms with E-state index < -0.39 is 0 Å². The van der Waals surface area contributed by atoms with Crippen LogP contribution in [0.5, 0.6) is 0 Å². The summed E-state index contributed by atoms with van der Waals surface area (Å²) in [6.07, 6.45) is 3.72. The second-order valence-electron chi connectivity index (χ2n) is 5.33. The predicted octanol–water partition coefficient (Wildman–Crippen LogP) is 4.64. The van der Waals surface area contributed by atoms with Gasteiger partial charge in [0.25, 0.3) is 0 Å². The van der Waals surface area contributed by atoms with Crippen molar-refractivity contribution in [2.24, 2.45) is 0 Å². The quantitative estimate of drug-likeness (QED) is 0.802. The van der Waals surface area contributed by atoms with E-state index in [0.717, 1.165) is 17.2 Å². The summed E-state index contributed by atoms with van der Waals surface area (Å²) in [4.78, 5) is 4.48. The largest absolute Gasteiger partial charge is 0.304 e. The fraction of sp³-hybridized carbons (Fsp3) is 0.471. The van der Waals surface area contributed by atoms with E-state index in [1.807, 2.05) is 6.92 Å². The number of nitrogens with one attached hydrogen (secondary N) is 1. The lowest BCUT2D eigenvalue weighted by atomic mass is 10.0. The maximum Gasteiger partial charge on any atom is 0.107 e. The second-order valence-corrected chi connectivity index (χ2v) is 6.27. The van der Waals surface area contributed by atoms with Crippen LogP contribution in [-0.2, 0) is 13.0 Å². The minimum atomic E-state index is 0.361. The molecule has 0 saturated carbocycles. The molecule has 0 aliphatic rings. The molecule has 2 aromatic rings. The lowest BCUT2D eigenvalue weighted by molar-refractivity contribution is 0.572. The van der Waals surface area contributed by atoms with Crippen molar-refractivity contribution >= 4 is 11.3 Å². The number of thiazole rings is 1. The number of unbranched alkanes of at least 4 members (excludes halogenated alkanes) is 1. The van der Waals surface area contributed by atoms with Gasteiger partial charge in [-0.3, -0.25) is 0 Å². The first-order valence-electron chi connectivity index (χ1n) is 7.42. The minimum absolute atomic E-state index is 0.361. The maximum absolute atomic E-state index is 4.48. The van der Waals surface area contributed by atoms with Crippen molar-refractivity contribution in [1.82, 2.24) is 10.3 Å². The number of hydrogen-bond acceptors (Lipinski definition) is 3. The monoisotopic (exact) mass is 288 g/mol. The van der Waals surface area contributed by atoms with Gasteiger partial charge < -0.3 is 5.32 Å². The lowest BCUT2D eigenvalue weighted by Crippen LogP contribution is -2.18. The molecule has 0 aliphatic carbocycles. The van der Waals surface area contributed by atoms with Gasteiger partial charge in [-0.05, 0) is 37.8 Å². The van der Waals surface area contributed by atoms with Crippen molar-refractivity contribution in [1.29, 1.82) is 0 Å². The molecule has 0 fully saturated rings. The lowest BCUT2D eigenvalue weighted by Gasteiger charge is -2.14. The average molecular weight is 288 g/mol. The van der Waals surface area contributed by atoms with Crippen LogP contribution in [0.3, 0.4) is 0 Å². The van der Waals surface area contributed by atoms with E-state index in [-0.39, 0.29) is 0 Å². The van der Waals surface area contributed by atoms with E-state index in [9.17, 15) is 0 Å². The predicted molar refractivity (Wildman–Crippen MR) is 87.2 cm³/mol. The molecule has 20 heavy (non-hydrogen) atoms. The first-order chi connectivity index (χ1) is 9.69. The van der Waals surface area contributed by atoms with Gasteiger partial charge in [-0.15, -0.1) is 11.3 Å². The summed E-state index contributed by atoms with van der Waals surface area (Å²) in [6, 6.07) is 9.37. The van der Waals surface area contributed by atoms with Gasteiger partial charge in [-0.2, -0.15) is 0 Å². The van der Waals surface area contributed by atoms with E-state index in [2.05, 4.69) is 53.8 Å². The highest BCUT2D eigenvalue weighted by Gasteiger charge is 2.06. The normalized spacial score (nSPS) is 12.6. The number of nitrogens with zero attached hydrogens (tertiary/aromatic N) is 1. The fourth-order valence-corrected chi connectivity index (χ4v) is 2.92. The highest BCUT2D eigenvalue weighted by atomic mass is 32.1. The van der Waals surface area contributed by atoms with Crippen molar-refractivity contribution in [3.05, 3.63) is 51.5 Å². The number of rotatable bonds is 7. The van der Waals surface area contributed by atoms with Crippen LogP contribution in [0.2, 0.25) is 0 Å². The van der Waals surface area contributed by atoms with Crippen LogP contribution in [0.4, 0.5) is 0 Å². The molecule has 3 heteroatoms. The van der Waals surface area contributed by atoms with Gasteiger partial charge in [0.2, 0.25) is 0 Å². The summed E-state index contributed by atoms with van der Waals surface area (Å²) in [5.41, 5.74) is 3.90. The van der Waals surface area contributed by atoms with E-state index in [1.165, 1.54) is 30.4 Å². The molecule has 0 radical (unpaired) electrons. The molecule has 2 rings (SSSR count). The molecule has 1 aromatic heterocycles. The zero-order valence-corrected chi connectivity index (χ0v) is 13.5. The third-order valence-corrected chi connectivity index (χ3v) is 4.49. The SMILES string of the molecule is CCCCc1ccc(C(C)NCc2nc(C)cs2)cc1. The number of hydrogen-bond donors (Lipinski definition) is 1. The maximum atomic E-state index is 4.48. The average Bonchev–Trinajstić information content (AvgIpc) is 2.89. The summed E-state index contributed by atoms with van der Waals surface area (Å²) in [5.74, 6) is 0. The van der Waals surface area contributed by atoms with Crippen molar-refractivity contribution in [2.45, 2.75) is 52.6 Å². The Labute approximate surface area is 126 Å². The Bertz CT molecular complexity index is 516. The Morgan fingerprint density at radius 1 is 1.25 bits per heavy atom. The van der Waals surface area contributed by atoms with Crippen LogP contribution in [0.25, 0.3) is 0 Å². The van der Waals surface area contributed by atoms with Crippen LogP contribution >= 0.6 is 11.3 Å². The first-order valence-corrected chi connectivity index (χ1v) is 8.30. The van der Waals surface area contributed by atoms with E-state index in [0.29, 0.717) is 6.04 Å². The highest BCUT2D eigenvalue weighted by molar-refractivity contribution is 7.09. The Kier molecular flexibility index (Phi) is 5.74. The van der Waals surface area contributed by atoms with E-state index in [4.69, 9.17) is 0 Å². The summed E-state index contributed by atoms with van der Waals surface area (Å²) >= 11 is 1.72. The molecule has 2 nitrogen and oxygen atoms in total. The Morgan fingerprint density at radius 2 is 2.00 bits per heavy atom. The smallest absolute Gasteiger partial charge is 0.107 e.